The minimum absolute atomic E-state index is 0.00190. The number of halogens is 4. The lowest BCUT2D eigenvalue weighted by Gasteiger charge is -2.30. The predicted octanol–water partition coefficient (Wildman–Crippen LogP) is 2.72. The highest BCUT2D eigenvalue weighted by atomic mass is 19.2. The Morgan fingerprint density at radius 2 is 1.67 bits per heavy atom. The average Bonchev–Trinajstić information content (AvgIpc) is 2.70. The van der Waals surface area contributed by atoms with Crippen LogP contribution in [0.1, 0.15) is 52.9 Å². The van der Waals surface area contributed by atoms with Crippen molar-refractivity contribution in [3.8, 4) is 5.75 Å². The van der Waals surface area contributed by atoms with Gasteiger partial charge in [0.05, 0.1) is 12.5 Å². The van der Waals surface area contributed by atoms with Crippen LogP contribution in [-0.2, 0) is 14.3 Å². The zero-order valence-corrected chi connectivity index (χ0v) is 18.8. The van der Waals surface area contributed by atoms with Gasteiger partial charge in [0.25, 0.3) is 0 Å². The molecule has 0 aromatic heterocycles. The number of nitrogens with one attached hydrogen (secondary N) is 1. The van der Waals surface area contributed by atoms with Crippen molar-refractivity contribution in [1.29, 1.82) is 0 Å². The van der Waals surface area contributed by atoms with Gasteiger partial charge in [0.15, 0.2) is 17.4 Å². The minimum atomic E-state index is -1.77. The van der Waals surface area contributed by atoms with Gasteiger partial charge in [-0.15, -0.1) is 0 Å². The SMILES string of the molecule is CC(C)(C)OC(=O)C[C@H](NC(=O)C1CCC(N)CC1)C(O)COc1c(F)c(F)cc(F)c1F. The molecule has 1 aliphatic rings. The highest BCUT2D eigenvalue weighted by Gasteiger charge is 2.32. The zero-order chi connectivity index (χ0) is 24.9. The van der Waals surface area contributed by atoms with Crippen molar-refractivity contribution in [2.24, 2.45) is 11.7 Å². The molecule has 186 valence electrons. The second-order valence-electron chi connectivity index (χ2n) is 9.19. The highest BCUT2D eigenvalue weighted by molar-refractivity contribution is 5.80. The van der Waals surface area contributed by atoms with E-state index in [2.05, 4.69) is 5.32 Å². The molecule has 0 aliphatic heterocycles. The highest BCUT2D eigenvalue weighted by Crippen LogP contribution is 2.27. The number of nitrogens with two attached hydrogens (primary N) is 1. The number of esters is 1. The second-order valence-corrected chi connectivity index (χ2v) is 9.19. The van der Waals surface area contributed by atoms with E-state index in [9.17, 15) is 32.3 Å². The first-order chi connectivity index (χ1) is 15.3. The fourth-order valence-corrected chi connectivity index (χ4v) is 3.49. The number of rotatable bonds is 8. The summed E-state index contributed by atoms with van der Waals surface area (Å²) in [7, 11) is 0. The molecule has 1 amide bonds. The van der Waals surface area contributed by atoms with Crippen LogP contribution in [-0.4, -0.2) is 47.4 Å². The van der Waals surface area contributed by atoms with Gasteiger partial charge in [-0.05, 0) is 46.5 Å². The van der Waals surface area contributed by atoms with E-state index in [1.54, 1.807) is 20.8 Å². The van der Waals surface area contributed by atoms with Gasteiger partial charge >= 0.3 is 5.97 Å². The van der Waals surface area contributed by atoms with Crippen molar-refractivity contribution in [2.75, 3.05) is 6.61 Å². The summed E-state index contributed by atoms with van der Waals surface area (Å²) in [5.41, 5.74) is 5.01. The summed E-state index contributed by atoms with van der Waals surface area (Å²) in [6.07, 6.45) is 0.212. The largest absolute Gasteiger partial charge is 0.485 e. The van der Waals surface area contributed by atoms with Crippen molar-refractivity contribution in [1.82, 2.24) is 5.32 Å². The molecular weight excluding hydrogens is 448 g/mol. The molecule has 33 heavy (non-hydrogen) atoms. The Morgan fingerprint density at radius 3 is 2.18 bits per heavy atom. The van der Waals surface area contributed by atoms with Crippen LogP contribution < -0.4 is 15.8 Å². The Bertz CT molecular complexity index is 828. The molecule has 1 unspecified atom stereocenters. The maximum atomic E-state index is 13.8. The van der Waals surface area contributed by atoms with E-state index in [1.165, 1.54) is 0 Å². The van der Waals surface area contributed by atoms with Crippen LogP contribution >= 0.6 is 0 Å². The maximum absolute atomic E-state index is 13.8. The Labute approximate surface area is 189 Å². The fourth-order valence-electron chi connectivity index (χ4n) is 3.49. The first-order valence-corrected chi connectivity index (χ1v) is 10.7. The first-order valence-electron chi connectivity index (χ1n) is 10.7. The van der Waals surface area contributed by atoms with Crippen molar-refractivity contribution in [3.05, 3.63) is 29.3 Å². The number of carbonyl (C=O) groups excluding carboxylic acids is 2. The van der Waals surface area contributed by atoms with E-state index in [0.717, 1.165) is 0 Å². The van der Waals surface area contributed by atoms with Gasteiger partial charge in [-0.3, -0.25) is 9.59 Å². The van der Waals surface area contributed by atoms with Gasteiger partial charge in [-0.2, -0.15) is 8.78 Å². The van der Waals surface area contributed by atoms with Crippen molar-refractivity contribution in [3.63, 3.8) is 0 Å². The number of amides is 1. The molecule has 2 atom stereocenters. The molecule has 0 heterocycles. The van der Waals surface area contributed by atoms with E-state index in [0.29, 0.717) is 25.7 Å². The van der Waals surface area contributed by atoms with Crippen molar-refractivity contribution < 1.29 is 41.7 Å². The van der Waals surface area contributed by atoms with E-state index in [-0.39, 0.29) is 18.0 Å². The predicted molar refractivity (Wildman–Crippen MR) is 110 cm³/mol. The molecule has 1 aromatic carbocycles. The molecule has 1 aromatic rings. The Balaban J connectivity index is 2.13. The van der Waals surface area contributed by atoms with Crippen molar-refractivity contribution in [2.45, 2.75) is 76.7 Å². The van der Waals surface area contributed by atoms with Crippen LogP contribution in [0.25, 0.3) is 0 Å². The number of hydrogen-bond donors (Lipinski definition) is 3. The first kappa shape index (κ1) is 26.8. The molecule has 1 aliphatic carbocycles. The van der Waals surface area contributed by atoms with Crippen LogP contribution in [0.3, 0.4) is 0 Å². The lowest BCUT2D eigenvalue weighted by Crippen LogP contribution is -2.50. The van der Waals surface area contributed by atoms with Gasteiger partial charge in [0.1, 0.15) is 18.3 Å². The third kappa shape index (κ3) is 7.85. The normalized spacial score (nSPS) is 20.6. The number of carbonyl (C=O) groups is 2. The molecule has 0 radical (unpaired) electrons. The molecule has 7 nitrogen and oxygen atoms in total. The third-order valence-electron chi connectivity index (χ3n) is 5.21. The van der Waals surface area contributed by atoms with Gasteiger partial charge in [-0.25, -0.2) is 8.78 Å². The van der Waals surface area contributed by atoms with E-state index in [4.69, 9.17) is 15.2 Å². The second kappa shape index (κ2) is 11.1. The topological polar surface area (TPSA) is 111 Å². The Hall–Kier alpha value is -2.40. The summed E-state index contributed by atoms with van der Waals surface area (Å²) in [4.78, 5) is 25.0. The van der Waals surface area contributed by atoms with Crippen LogP contribution in [0.2, 0.25) is 0 Å². The summed E-state index contributed by atoms with van der Waals surface area (Å²) in [6, 6.07) is -1.22. The molecule has 0 spiro atoms. The summed E-state index contributed by atoms with van der Waals surface area (Å²) < 4.78 is 64.4. The molecule has 11 heteroatoms. The fraction of sp³-hybridized carbons (Fsp3) is 0.636. The molecule has 1 saturated carbocycles. The van der Waals surface area contributed by atoms with Gasteiger partial charge in [-0.1, -0.05) is 0 Å². The van der Waals surface area contributed by atoms with Crippen LogP contribution in [0.5, 0.6) is 5.75 Å². The van der Waals surface area contributed by atoms with Crippen LogP contribution in [0.15, 0.2) is 6.07 Å². The number of aliphatic hydroxyl groups is 1. The minimum Gasteiger partial charge on any atom is -0.485 e. The molecule has 2 rings (SSSR count). The van der Waals surface area contributed by atoms with Crippen molar-refractivity contribution >= 4 is 11.9 Å². The number of benzene rings is 1. The number of ether oxygens (including phenoxy) is 2. The zero-order valence-electron chi connectivity index (χ0n) is 18.8. The summed E-state index contributed by atoms with van der Waals surface area (Å²) >= 11 is 0. The van der Waals surface area contributed by atoms with Gasteiger partial charge in [0.2, 0.25) is 17.5 Å². The third-order valence-corrected chi connectivity index (χ3v) is 5.21. The molecular formula is C22H30F4N2O5. The maximum Gasteiger partial charge on any atom is 0.308 e. The molecule has 1 fully saturated rings. The molecule has 4 N–H and O–H groups in total. The van der Waals surface area contributed by atoms with Gasteiger partial charge < -0.3 is 25.6 Å². The van der Waals surface area contributed by atoms with Crippen LogP contribution in [0.4, 0.5) is 17.6 Å². The monoisotopic (exact) mass is 478 g/mol. The molecule has 0 saturated heterocycles. The lowest BCUT2D eigenvalue weighted by atomic mass is 9.85. The Morgan fingerprint density at radius 1 is 1.12 bits per heavy atom. The molecule has 0 bridgehead atoms. The summed E-state index contributed by atoms with van der Waals surface area (Å²) in [5, 5.41) is 13.1. The van der Waals surface area contributed by atoms with Gasteiger partial charge in [0, 0.05) is 18.0 Å². The standard InChI is InChI=1S/C22H30F4N2O5/c1-22(2,3)33-17(30)9-15(28-21(31)11-4-6-12(27)7-5-11)16(29)10-32-20-18(25)13(23)8-14(24)19(20)26/h8,11-12,15-16,29H,4-7,9-10,27H2,1-3H3,(H,28,31)/t11?,12?,15-,16?/m0/s1. The van der Waals surface area contributed by atoms with E-state index in [1.807, 2.05) is 0 Å². The van der Waals surface area contributed by atoms with Crippen LogP contribution in [0, 0.1) is 29.2 Å². The van der Waals surface area contributed by atoms with E-state index < -0.39 is 71.7 Å². The average molecular weight is 478 g/mol. The number of aliphatic hydroxyl groups excluding tert-OH is 1. The quantitative estimate of drug-likeness (QED) is 0.301. The smallest absolute Gasteiger partial charge is 0.308 e. The Kier molecular flexibility index (Phi) is 9.07. The summed E-state index contributed by atoms with van der Waals surface area (Å²) in [6.45, 7) is 4.04. The summed E-state index contributed by atoms with van der Waals surface area (Å²) in [5.74, 6) is -9.79. The van der Waals surface area contributed by atoms with E-state index >= 15 is 0 Å². The lowest BCUT2D eigenvalue weighted by molar-refractivity contribution is -0.156. The number of hydrogen-bond acceptors (Lipinski definition) is 6.